The van der Waals surface area contributed by atoms with E-state index in [2.05, 4.69) is 29.3 Å². The maximum Gasteiger partial charge on any atom is 0.251 e. The molecule has 1 aliphatic carbocycles. The van der Waals surface area contributed by atoms with Crippen LogP contribution in [0.2, 0.25) is 0 Å². The first-order valence-corrected chi connectivity index (χ1v) is 10.8. The van der Waals surface area contributed by atoms with E-state index < -0.39 is 0 Å². The van der Waals surface area contributed by atoms with Gasteiger partial charge in [-0.25, -0.2) is 0 Å². The Bertz CT molecular complexity index is 881. The average Bonchev–Trinajstić information content (AvgIpc) is 3.24. The normalized spacial score (nSPS) is 25.3. The maximum absolute atomic E-state index is 12.7. The van der Waals surface area contributed by atoms with E-state index in [9.17, 15) is 9.59 Å². The second kappa shape index (κ2) is 8.90. The summed E-state index contributed by atoms with van der Waals surface area (Å²) in [5.41, 5.74) is 1.90. The van der Waals surface area contributed by atoms with Gasteiger partial charge in [-0.2, -0.15) is 0 Å². The van der Waals surface area contributed by atoms with Crippen LogP contribution in [0.4, 0.5) is 0 Å². The highest BCUT2D eigenvalue weighted by Crippen LogP contribution is 2.45. The molecule has 4 atom stereocenters. The third kappa shape index (κ3) is 4.20. The number of amides is 2. The number of rotatable bonds is 7. The molecule has 1 N–H and O–H groups in total. The van der Waals surface area contributed by atoms with Crippen molar-refractivity contribution in [1.29, 1.82) is 0 Å². The Kier molecular flexibility index (Phi) is 6.07. The molecule has 0 radical (unpaired) electrons. The van der Waals surface area contributed by atoms with Gasteiger partial charge < -0.3 is 15.0 Å². The topological polar surface area (TPSA) is 58.6 Å². The van der Waals surface area contributed by atoms with Crippen LogP contribution in [0.5, 0.6) is 5.75 Å². The molecule has 2 amide bonds. The standard InChI is InChI=1S/C25H30N2O3/c1-17-14-23-21(22(17)16-26-25(29)19-6-4-3-5-7-19)15-24(28)27(23)13-12-18-8-10-20(30-2)11-9-18/h3-11,17,21-23H,12-16H2,1-2H3,(H,26,29)/t17-,21-,22+,23+/m0/s1. The van der Waals surface area contributed by atoms with E-state index in [0.29, 0.717) is 42.3 Å². The monoisotopic (exact) mass is 406 g/mol. The number of benzene rings is 2. The Balaban J connectivity index is 1.35. The SMILES string of the molecule is COc1ccc(CCN2C(=O)C[C@H]3[C@H](CNC(=O)c4ccccc4)[C@@H](C)C[C@H]32)cc1. The molecular formula is C25H30N2O3. The summed E-state index contributed by atoms with van der Waals surface area (Å²) in [5, 5.41) is 3.10. The van der Waals surface area contributed by atoms with E-state index >= 15 is 0 Å². The maximum atomic E-state index is 12.7. The van der Waals surface area contributed by atoms with E-state index in [1.165, 1.54) is 5.56 Å². The molecule has 0 spiro atoms. The van der Waals surface area contributed by atoms with Crippen LogP contribution in [0, 0.1) is 17.8 Å². The third-order valence-electron chi connectivity index (χ3n) is 6.85. The van der Waals surface area contributed by atoms with E-state index in [1.807, 2.05) is 42.5 Å². The van der Waals surface area contributed by atoms with Crippen LogP contribution in [0.25, 0.3) is 0 Å². The molecule has 1 heterocycles. The Morgan fingerprint density at radius 3 is 2.57 bits per heavy atom. The minimum atomic E-state index is -0.0352. The lowest BCUT2D eigenvalue weighted by Crippen LogP contribution is -2.36. The summed E-state index contributed by atoms with van der Waals surface area (Å²) in [5.74, 6) is 2.24. The number of fused-ring (bicyclic) bond motifs is 1. The summed E-state index contributed by atoms with van der Waals surface area (Å²) in [6, 6.07) is 17.7. The number of hydrogen-bond donors (Lipinski definition) is 1. The number of carbonyl (C=O) groups is 2. The summed E-state index contributed by atoms with van der Waals surface area (Å²) in [6.07, 6.45) is 2.47. The molecule has 1 saturated heterocycles. The van der Waals surface area contributed by atoms with Crippen LogP contribution >= 0.6 is 0 Å². The van der Waals surface area contributed by atoms with Crippen molar-refractivity contribution in [2.75, 3.05) is 20.2 Å². The summed E-state index contributed by atoms with van der Waals surface area (Å²) in [7, 11) is 1.66. The van der Waals surface area contributed by atoms with Gasteiger partial charge >= 0.3 is 0 Å². The van der Waals surface area contributed by atoms with Gasteiger partial charge in [0.1, 0.15) is 5.75 Å². The van der Waals surface area contributed by atoms with Crippen molar-refractivity contribution in [3.63, 3.8) is 0 Å². The lowest BCUT2D eigenvalue weighted by molar-refractivity contribution is -0.129. The largest absolute Gasteiger partial charge is 0.497 e. The zero-order valence-electron chi connectivity index (χ0n) is 17.7. The van der Waals surface area contributed by atoms with E-state index in [0.717, 1.165) is 25.1 Å². The molecule has 0 aromatic heterocycles. The lowest BCUT2D eigenvalue weighted by Gasteiger charge is -2.24. The molecular weight excluding hydrogens is 376 g/mol. The molecule has 0 bridgehead atoms. The second-order valence-corrected chi connectivity index (χ2v) is 8.57. The van der Waals surface area contributed by atoms with Gasteiger partial charge in [-0.15, -0.1) is 0 Å². The summed E-state index contributed by atoms with van der Waals surface area (Å²) >= 11 is 0. The van der Waals surface area contributed by atoms with Crippen LogP contribution in [-0.4, -0.2) is 43.0 Å². The van der Waals surface area contributed by atoms with Crippen molar-refractivity contribution in [2.45, 2.75) is 32.2 Å². The molecule has 158 valence electrons. The fourth-order valence-electron chi connectivity index (χ4n) is 5.17. The summed E-state index contributed by atoms with van der Waals surface area (Å²) in [4.78, 5) is 27.3. The summed E-state index contributed by atoms with van der Waals surface area (Å²) in [6.45, 7) is 3.64. The quantitative estimate of drug-likeness (QED) is 0.765. The summed E-state index contributed by atoms with van der Waals surface area (Å²) < 4.78 is 5.22. The van der Waals surface area contributed by atoms with Gasteiger partial charge in [-0.3, -0.25) is 9.59 Å². The lowest BCUT2D eigenvalue weighted by atomic mass is 9.88. The molecule has 4 rings (SSSR count). The van der Waals surface area contributed by atoms with Crippen molar-refractivity contribution in [3.05, 3.63) is 65.7 Å². The first-order chi connectivity index (χ1) is 14.6. The first kappa shape index (κ1) is 20.5. The fourth-order valence-corrected chi connectivity index (χ4v) is 5.17. The van der Waals surface area contributed by atoms with Crippen LogP contribution in [-0.2, 0) is 11.2 Å². The molecule has 1 saturated carbocycles. The number of carbonyl (C=O) groups excluding carboxylic acids is 2. The van der Waals surface area contributed by atoms with E-state index in [1.54, 1.807) is 7.11 Å². The number of methoxy groups -OCH3 is 1. The molecule has 30 heavy (non-hydrogen) atoms. The number of nitrogens with one attached hydrogen (secondary N) is 1. The highest BCUT2D eigenvalue weighted by molar-refractivity contribution is 5.94. The van der Waals surface area contributed by atoms with Crippen molar-refractivity contribution >= 4 is 11.8 Å². The van der Waals surface area contributed by atoms with E-state index in [-0.39, 0.29) is 11.8 Å². The molecule has 2 aliphatic rings. The number of likely N-dealkylation sites (tertiary alicyclic amines) is 1. The van der Waals surface area contributed by atoms with Gasteiger partial charge in [0, 0.05) is 31.1 Å². The average molecular weight is 407 g/mol. The van der Waals surface area contributed by atoms with Gasteiger partial charge in [0.05, 0.1) is 7.11 Å². The predicted molar refractivity (Wildman–Crippen MR) is 116 cm³/mol. The zero-order valence-corrected chi connectivity index (χ0v) is 17.7. The predicted octanol–water partition coefficient (Wildman–Crippen LogP) is 3.54. The minimum absolute atomic E-state index is 0.0352. The van der Waals surface area contributed by atoms with Gasteiger partial charge in [0.2, 0.25) is 5.91 Å². The van der Waals surface area contributed by atoms with Crippen LogP contribution < -0.4 is 10.1 Å². The second-order valence-electron chi connectivity index (χ2n) is 8.57. The minimum Gasteiger partial charge on any atom is -0.497 e. The zero-order chi connectivity index (χ0) is 21.1. The number of nitrogens with zero attached hydrogens (tertiary/aromatic N) is 1. The number of hydrogen-bond acceptors (Lipinski definition) is 3. The van der Waals surface area contributed by atoms with E-state index in [4.69, 9.17) is 4.74 Å². The van der Waals surface area contributed by atoms with Gasteiger partial charge in [0.25, 0.3) is 5.91 Å². The van der Waals surface area contributed by atoms with Crippen molar-refractivity contribution in [3.8, 4) is 5.75 Å². The van der Waals surface area contributed by atoms with Crippen LogP contribution in [0.15, 0.2) is 54.6 Å². The highest BCUT2D eigenvalue weighted by atomic mass is 16.5. The Labute approximate surface area is 178 Å². The molecule has 2 aromatic carbocycles. The highest BCUT2D eigenvalue weighted by Gasteiger charge is 2.50. The molecule has 1 aliphatic heterocycles. The molecule has 2 aromatic rings. The third-order valence-corrected chi connectivity index (χ3v) is 6.85. The van der Waals surface area contributed by atoms with Gasteiger partial charge in [0.15, 0.2) is 0 Å². The molecule has 5 nitrogen and oxygen atoms in total. The van der Waals surface area contributed by atoms with Crippen molar-refractivity contribution in [2.24, 2.45) is 17.8 Å². The van der Waals surface area contributed by atoms with Gasteiger partial charge in [-0.1, -0.05) is 37.3 Å². The van der Waals surface area contributed by atoms with Crippen molar-refractivity contribution in [1.82, 2.24) is 10.2 Å². The molecule has 5 heteroatoms. The van der Waals surface area contributed by atoms with Gasteiger partial charge in [-0.05, 0) is 60.4 Å². The Morgan fingerprint density at radius 2 is 1.87 bits per heavy atom. The first-order valence-electron chi connectivity index (χ1n) is 10.8. The molecule has 2 fully saturated rings. The van der Waals surface area contributed by atoms with Crippen molar-refractivity contribution < 1.29 is 14.3 Å². The molecule has 0 unspecified atom stereocenters. The fraction of sp³-hybridized carbons (Fsp3) is 0.440. The Hall–Kier alpha value is -2.82. The number of ether oxygens (including phenoxy) is 1. The van der Waals surface area contributed by atoms with Crippen LogP contribution in [0.1, 0.15) is 35.7 Å². The smallest absolute Gasteiger partial charge is 0.251 e. The van der Waals surface area contributed by atoms with Crippen LogP contribution in [0.3, 0.4) is 0 Å². The Morgan fingerprint density at radius 1 is 1.13 bits per heavy atom.